The summed E-state index contributed by atoms with van der Waals surface area (Å²) in [5.74, 6) is 0.874. The molecule has 4 heterocycles. The van der Waals surface area contributed by atoms with Crippen LogP contribution in [0.4, 0.5) is 10.9 Å². The molecule has 0 bridgehead atoms. The monoisotopic (exact) mass is 431 g/mol. The minimum atomic E-state index is -0.0608. The van der Waals surface area contributed by atoms with Crippen LogP contribution in [0.25, 0.3) is 9.53 Å². The summed E-state index contributed by atoms with van der Waals surface area (Å²) in [6, 6.07) is 5.93. The van der Waals surface area contributed by atoms with E-state index in [9.17, 15) is 4.79 Å². The van der Waals surface area contributed by atoms with Crippen molar-refractivity contribution in [3.05, 3.63) is 34.8 Å². The van der Waals surface area contributed by atoms with Crippen molar-refractivity contribution in [3.8, 4) is 0 Å². The van der Waals surface area contributed by atoms with Crippen molar-refractivity contribution >= 4 is 49.1 Å². The zero-order chi connectivity index (χ0) is 20.2. The van der Waals surface area contributed by atoms with Crippen molar-refractivity contribution in [2.45, 2.75) is 20.4 Å². The lowest BCUT2D eigenvalue weighted by Crippen LogP contribution is -2.36. The molecule has 0 unspecified atom stereocenters. The average molecular weight is 432 g/mol. The maximum Gasteiger partial charge on any atom is 0.261 e. The topological polar surface area (TPSA) is 70.6 Å². The summed E-state index contributed by atoms with van der Waals surface area (Å²) in [7, 11) is 0. The summed E-state index contributed by atoms with van der Waals surface area (Å²) in [6.07, 6.45) is 1.80. The van der Waals surface area contributed by atoms with E-state index in [0.29, 0.717) is 11.4 Å². The summed E-state index contributed by atoms with van der Waals surface area (Å²) in [4.78, 5) is 27.9. The highest BCUT2D eigenvalue weighted by Gasteiger charge is 2.16. The number of ether oxygens (including phenoxy) is 1. The number of thiazole rings is 1. The summed E-state index contributed by atoms with van der Waals surface area (Å²) in [5, 5.41) is 4.05. The third-order valence-electron chi connectivity index (χ3n) is 4.93. The molecule has 0 radical (unpaired) electrons. The molecule has 1 N–H and O–H groups in total. The number of anilines is 2. The number of hydrogen-bond acceptors (Lipinski definition) is 8. The zero-order valence-electron chi connectivity index (χ0n) is 16.7. The second-order valence-electron chi connectivity index (χ2n) is 6.75. The van der Waals surface area contributed by atoms with Crippen LogP contribution in [-0.4, -0.2) is 55.3 Å². The SMILES string of the molecule is CCN(CC)c1nc2sc(C(=O)NCc3ccnc(N4CCOCC4)c3)cc2s1. The fraction of sp³-hybridized carbons (Fsp3) is 0.450. The lowest BCUT2D eigenvalue weighted by atomic mass is 10.2. The number of hydrogen-bond donors (Lipinski definition) is 1. The summed E-state index contributed by atoms with van der Waals surface area (Å²) in [6.45, 7) is 9.73. The summed E-state index contributed by atoms with van der Waals surface area (Å²) >= 11 is 3.10. The van der Waals surface area contributed by atoms with Crippen LogP contribution in [0.2, 0.25) is 0 Å². The number of morpholine rings is 1. The second kappa shape index (κ2) is 9.06. The first kappa shape index (κ1) is 20.1. The highest BCUT2D eigenvalue weighted by atomic mass is 32.1. The molecule has 1 saturated heterocycles. The van der Waals surface area contributed by atoms with E-state index in [1.165, 1.54) is 11.3 Å². The predicted octanol–water partition coefficient (Wildman–Crippen LogP) is 3.37. The maximum atomic E-state index is 12.6. The summed E-state index contributed by atoms with van der Waals surface area (Å²) < 4.78 is 6.47. The number of thiophene rings is 1. The number of rotatable bonds is 7. The molecule has 0 saturated carbocycles. The Morgan fingerprint density at radius 1 is 1.24 bits per heavy atom. The number of aromatic nitrogens is 2. The fourth-order valence-electron chi connectivity index (χ4n) is 3.27. The van der Waals surface area contributed by atoms with E-state index in [-0.39, 0.29) is 5.91 Å². The number of amides is 1. The molecular formula is C20H25N5O2S2. The Labute approximate surface area is 178 Å². The van der Waals surface area contributed by atoms with Crippen LogP contribution in [0, 0.1) is 0 Å². The number of carbonyl (C=O) groups is 1. The molecule has 0 aliphatic carbocycles. The van der Waals surface area contributed by atoms with Crippen LogP contribution in [0.1, 0.15) is 29.1 Å². The van der Waals surface area contributed by atoms with Gasteiger partial charge in [0.1, 0.15) is 10.6 Å². The molecule has 154 valence electrons. The Kier molecular flexibility index (Phi) is 6.27. The predicted molar refractivity (Wildman–Crippen MR) is 119 cm³/mol. The van der Waals surface area contributed by atoms with Crippen LogP contribution in [0.15, 0.2) is 24.4 Å². The molecule has 1 fully saturated rings. The lowest BCUT2D eigenvalue weighted by molar-refractivity contribution is 0.0955. The van der Waals surface area contributed by atoms with Crippen molar-refractivity contribution in [2.75, 3.05) is 49.2 Å². The highest BCUT2D eigenvalue weighted by molar-refractivity contribution is 7.29. The normalized spacial score (nSPS) is 14.3. The fourth-order valence-corrected chi connectivity index (χ4v) is 5.53. The van der Waals surface area contributed by atoms with Gasteiger partial charge in [0.05, 0.1) is 22.8 Å². The zero-order valence-corrected chi connectivity index (χ0v) is 18.3. The van der Waals surface area contributed by atoms with Gasteiger partial charge >= 0.3 is 0 Å². The van der Waals surface area contributed by atoms with E-state index >= 15 is 0 Å². The molecule has 9 heteroatoms. The number of carbonyl (C=O) groups excluding carboxylic acids is 1. The molecule has 3 aromatic heterocycles. The van der Waals surface area contributed by atoms with E-state index in [4.69, 9.17) is 9.72 Å². The summed E-state index contributed by atoms with van der Waals surface area (Å²) in [5.41, 5.74) is 1.04. The molecule has 3 aromatic rings. The number of fused-ring (bicyclic) bond motifs is 1. The van der Waals surface area contributed by atoms with Gasteiger partial charge in [-0.2, -0.15) is 0 Å². The first-order chi connectivity index (χ1) is 14.2. The van der Waals surface area contributed by atoms with Gasteiger partial charge in [-0.05, 0) is 37.6 Å². The van der Waals surface area contributed by atoms with Gasteiger partial charge < -0.3 is 19.9 Å². The largest absolute Gasteiger partial charge is 0.378 e. The molecular weight excluding hydrogens is 406 g/mol. The van der Waals surface area contributed by atoms with Crippen LogP contribution in [0.5, 0.6) is 0 Å². The molecule has 1 aliphatic rings. The highest BCUT2D eigenvalue weighted by Crippen LogP contribution is 2.34. The third kappa shape index (κ3) is 4.52. The van der Waals surface area contributed by atoms with Crippen LogP contribution >= 0.6 is 22.7 Å². The number of pyridine rings is 1. The Morgan fingerprint density at radius 3 is 2.76 bits per heavy atom. The Hall–Kier alpha value is -2.23. The van der Waals surface area contributed by atoms with Gasteiger partial charge in [0.15, 0.2) is 5.13 Å². The molecule has 0 atom stereocenters. The van der Waals surface area contributed by atoms with E-state index < -0.39 is 0 Å². The van der Waals surface area contributed by atoms with Crippen molar-refractivity contribution in [1.82, 2.24) is 15.3 Å². The quantitative estimate of drug-likeness (QED) is 0.619. The van der Waals surface area contributed by atoms with E-state index in [1.807, 2.05) is 18.2 Å². The van der Waals surface area contributed by atoms with Crippen molar-refractivity contribution < 1.29 is 9.53 Å². The standard InChI is InChI=1S/C20H25N5O2S2/c1-3-24(4-2)20-23-19-16(29-20)12-15(28-19)18(26)22-13-14-5-6-21-17(11-14)25-7-9-27-10-8-25/h5-6,11-12H,3-4,7-10,13H2,1-2H3,(H,22,26). The van der Waals surface area contributed by atoms with Crippen molar-refractivity contribution in [1.29, 1.82) is 0 Å². The Morgan fingerprint density at radius 2 is 2.03 bits per heavy atom. The molecule has 29 heavy (non-hydrogen) atoms. The molecule has 0 spiro atoms. The van der Waals surface area contributed by atoms with Crippen LogP contribution in [0.3, 0.4) is 0 Å². The third-order valence-corrected chi connectivity index (χ3v) is 7.15. The van der Waals surface area contributed by atoms with Crippen molar-refractivity contribution in [2.24, 2.45) is 0 Å². The number of nitrogens with zero attached hydrogens (tertiary/aromatic N) is 4. The lowest BCUT2D eigenvalue weighted by Gasteiger charge is -2.28. The van der Waals surface area contributed by atoms with Gasteiger partial charge in [0.25, 0.3) is 5.91 Å². The Bertz CT molecular complexity index is 945. The second-order valence-corrected chi connectivity index (χ2v) is 8.79. The molecule has 1 aliphatic heterocycles. The van der Waals surface area contributed by atoms with Crippen LogP contribution in [-0.2, 0) is 11.3 Å². The van der Waals surface area contributed by atoms with Crippen molar-refractivity contribution in [3.63, 3.8) is 0 Å². The van der Waals surface area contributed by atoms with Crippen LogP contribution < -0.4 is 15.1 Å². The number of nitrogens with one attached hydrogen (secondary N) is 1. The average Bonchev–Trinajstić information content (AvgIpc) is 3.33. The Balaban J connectivity index is 1.40. The van der Waals surface area contributed by atoms with E-state index in [2.05, 4.69) is 33.9 Å². The van der Waals surface area contributed by atoms with Gasteiger partial charge in [0, 0.05) is 38.9 Å². The molecule has 7 nitrogen and oxygen atoms in total. The van der Waals surface area contributed by atoms with Gasteiger partial charge in [-0.3, -0.25) is 4.79 Å². The van der Waals surface area contributed by atoms with Gasteiger partial charge in [-0.15, -0.1) is 11.3 Å². The smallest absolute Gasteiger partial charge is 0.261 e. The van der Waals surface area contributed by atoms with E-state index in [1.54, 1.807) is 17.5 Å². The maximum absolute atomic E-state index is 12.6. The first-order valence-electron chi connectivity index (χ1n) is 9.89. The van der Waals surface area contributed by atoms with Gasteiger partial charge in [-0.1, -0.05) is 11.3 Å². The van der Waals surface area contributed by atoms with Gasteiger partial charge in [-0.25, -0.2) is 9.97 Å². The van der Waals surface area contributed by atoms with E-state index in [0.717, 1.165) is 65.4 Å². The first-order valence-corrected chi connectivity index (χ1v) is 11.5. The minimum Gasteiger partial charge on any atom is -0.378 e. The minimum absolute atomic E-state index is 0.0608. The molecule has 4 rings (SSSR count). The molecule has 0 aromatic carbocycles. The molecule has 1 amide bonds. The van der Waals surface area contributed by atoms with Gasteiger partial charge in [0.2, 0.25) is 0 Å².